The molecule has 1 amide bonds. The molecule has 4 nitrogen and oxygen atoms in total. The van der Waals surface area contributed by atoms with Gasteiger partial charge in [-0.05, 0) is 39.2 Å². The second-order valence-electron chi connectivity index (χ2n) is 5.73. The molecule has 0 spiro atoms. The van der Waals surface area contributed by atoms with Gasteiger partial charge in [0.2, 0.25) is 5.91 Å². The third kappa shape index (κ3) is 2.33. The summed E-state index contributed by atoms with van der Waals surface area (Å²) >= 11 is 0. The fourth-order valence-electron chi connectivity index (χ4n) is 2.99. The Hall–Kier alpha value is -0.610. The van der Waals surface area contributed by atoms with Gasteiger partial charge in [0.15, 0.2) is 0 Å². The van der Waals surface area contributed by atoms with Gasteiger partial charge in [-0.3, -0.25) is 9.69 Å². The molecule has 3 unspecified atom stereocenters. The fraction of sp³-hybridized carbons (Fsp3) is 0.923. The number of carbonyl (C=O) groups excluding carboxylic acids is 1. The van der Waals surface area contributed by atoms with Crippen molar-refractivity contribution in [3.63, 3.8) is 0 Å². The number of carbonyl (C=O) groups is 1. The largest absolute Gasteiger partial charge is 0.351 e. The first kappa shape index (κ1) is 12.8. The van der Waals surface area contributed by atoms with Crippen LogP contribution in [0, 0.1) is 5.41 Å². The summed E-state index contributed by atoms with van der Waals surface area (Å²) in [4.78, 5) is 14.8. The first-order chi connectivity index (χ1) is 8.10. The van der Waals surface area contributed by atoms with E-state index in [-0.39, 0.29) is 5.91 Å². The minimum absolute atomic E-state index is 0.140. The zero-order valence-electron chi connectivity index (χ0n) is 11.0. The summed E-state index contributed by atoms with van der Waals surface area (Å²) in [6.45, 7) is 6.77. The summed E-state index contributed by atoms with van der Waals surface area (Å²) in [5.74, 6) is 0.140. The highest BCUT2D eigenvalue weighted by Gasteiger charge is 2.40. The molecule has 0 aromatic carbocycles. The molecule has 0 aromatic heterocycles. The van der Waals surface area contributed by atoms with Crippen LogP contribution in [0.25, 0.3) is 0 Å². The van der Waals surface area contributed by atoms with Crippen LogP contribution in [0.15, 0.2) is 0 Å². The Morgan fingerprint density at radius 2 is 2.24 bits per heavy atom. The van der Waals surface area contributed by atoms with Crippen molar-refractivity contribution in [1.82, 2.24) is 10.2 Å². The standard InChI is InChI=1S/C13H25N3O/c1-3-13(2,9-14)12(17)15-10-6-8-16-7-4-5-11(10)16/h10-11H,3-9,14H2,1-2H3,(H,15,17). The lowest BCUT2D eigenvalue weighted by atomic mass is 9.86. The molecule has 2 saturated heterocycles. The number of hydrogen-bond acceptors (Lipinski definition) is 3. The third-order valence-electron chi connectivity index (χ3n) is 4.70. The van der Waals surface area contributed by atoms with Crippen LogP contribution in [0.2, 0.25) is 0 Å². The second-order valence-corrected chi connectivity index (χ2v) is 5.73. The van der Waals surface area contributed by atoms with Crippen molar-refractivity contribution in [3.05, 3.63) is 0 Å². The number of nitrogens with one attached hydrogen (secondary N) is 1. The van der Waals surface area contributed by atoms with Crippen molar-refractivity contribution in [3.8, 4) is 0 Å². The van der Waals surface area contributed by atoms with Gasteiger partial charge in [-0.1, -0.05) is 6.92 Å². The molecule has 2 fully saturated rings. The second kappa shape index (κ2) is 4.94. The molecule has 17 heavy (non-hydrogen) atoms. The molecule has 0 aromatic rings. The molecule has 3 N–H and O–H groups in total. The highest BCUT2D eigenvalue weighted by Crippen LogP contribution is 2.29. The first-order valence-corrected chi connectivity index (χ1v) is 6.86. The van der Waals surface area contributed by atoms with Crippen molar-refractivity contribution >= 4 is 5.91 Å². The molecule has 98 valence electrons. The minimum Gasteiger partial charge on any atom is -0.351 e. The Bertz CT molecular complexity index is 288. The molecule has 2 heterocycles. The Morgan fingerprint density at radius 1 is 1.47 bits per heavy atom. The minimum atomic E-state index is -0.397. The number of amides is 1. The van der Waals surface area contributed by atoms with Crippen LogP contribution in [0.5, 0.6) is 0 Å². The van der Waals surface area contributed by atoms with E-state index in [9.17, 15) is 4.79 Å². The van der Waals surface area contributed by atoms with Crippen LogP contribution in [-0.2, 0) is 4.79 Å². The van der Waals surface area contributed by atoms with Crippen molar-refractivity contribution < 1.29 is 4.79 Å². The Labute approximate surface area is 104 Å². The topological polar surface area (TPSA) is 58.4 Å². The SMILES string of the molecule is CCC(C)(CN)C(=O)NC1CCN2CCCC12. The summed E-state index contributed by atoms with van der Waals surface area (Å²) < 4.78 is 0. The maximum Gasteiger partial charge on any atom is 0.227 e. The van der Waals surface area contributed by atoms with Gasteiger partial charge in [0.25, 0.3) is 0 Å². The highest BCUT2D eigenvalue weighted by molar-refractivity contribution is 5.82. The molecule has 0 aliphatic carbocycles. The molecular formula is C13H25N3O. The maximum absolute atomic E-state index is 12.3. The van der Waals surface area contributed by atoms with Crippen LogP contribution < -0.4 is 11.1 Å². The summed E-state index contributed by atoms with van der Waals surface area (Å²) in [7, 11) is 0. The molecular weight excluding hydrogens is 214 g/mol. The normalized spacial score (nSPS) is 32.2. The van der Waals surface area contributed by atoms with Gasteiger partial charge < -0.3 is 11.1 Å². The highest BCUT2D eigenvalue weighted by atomic mass is 16.2. The summed E-state index contributed by atoms with van der Waals surface area (Å²) in [5, 5.41) is 3.23. The van der Waals surface area contributed by atoms with Gasteiger partial charge in [-0.15, -0.1) is 0 Å². The molecule has 0 bridgehead atoms. The van der Waals surface area contributed by atoms with E-state index >= 15 is 0 Å². The van der Waals surface area contributed by atoms with Crippen LogP contribution >= 0.6 is 0 Å². The Morgan fingerprint density at radius 3 is 2.88 bits per heavy atom. The number of rotatable bonds is 4. The number of hydrogen-bond donors (Lipinski definition) is 2. The van der Waals surface area contributed by atoms with Crippen molar-refractivity contribution in [2.45, 2.75) is 51.6 Å². The van der Waals surface area contributed by atoms with E-state index in [1.807, 2.05) is 13.8 Å². The van der Waals surface area contributed by atoms with E-state index in [2.05, 4.69) is 10.2 Å². The van der Waals surface area contributed by atoms with Crippen molar-refractivity contribution in [2.24, 2.45) is 11.1 Å². The van der Waals surface area contributed by atoms with Crippen molar-refractivity contribution in [2.75, 3.05) is 19.6 Å². The van der Waals surface area contributed by atoms with Gasteiger partial charge in [-0.25, -0.2) is 0 Å². The fourth-order valence-corrected chi connectivity index (χ4v) is 2.99. The molecule has 0 saturated carbocycles. The quantitative estimate of drug-likeness (QED) is 0.760. The van der Waals surface area contributed by atoms with Crippen LogP contribution in [0.4, 0.5) is 0 Å². The maximum atomic E-state index is 12.3. The lowest BCUT2D eigenvalue weighted by Gasteiger charge is -2.29. The third-order valence-corrected chi connectivity index (χ3v) is 4.70. The van der Waals surface area contributed by atoms with E-state index in [1.54, 1.807) is 0 Å². The first-order valence-electron chi connectivity index (χ1n) is 6.86. The van der Waals surface area contributed by atoms with Gasteiger partial charge in [0, 0.05) is 25.2 Å². The van der Waals surface area contributed by atoms with Crippen LogP contribution in [0.1, 0.15) is 39.5 Å². The van der Waals surface area contributed by atoms with Crippen molar-refractivity contribution in [1.29, 1.82) is 0 Å². The van der Waals surface area contributed by atoms with E-state index in [4.69, 9.17) is 5.73 Å². The van der Waals surface area contributed by atoms with Gasteiger partial charge in [0.1, 0.15) is 0 Å². The summed E-state index contributed by atoms with van der Waals surface area (Å²) in [6.07, 6.45) is 4.41. The number of fused-ring (bicyclic) bond motifs is 1. The summed E-state index contributed by atoms with van der Waals surface area (Å²) in [6, 6.07) is 0.931. The lowest BCUT2D eigenvalue weighted by Crippen LogP contribution is -2.50. The molecule has 4 heteroatoms. The monoisotopic (exact) mass is 239 g/mol. The molecule has 2 rings (SSSR count). The molecule has 3 atom stereocenters. The van der Waals surface area contributed by atoms with Crippen LogP contribution in [0.3, 0.4) is 0 Å². The average molecular weight is 239 g/mol. The predicted molar refractivity (Wildman–Crippen MR) is 68.6 cm³/mol. The number of nitrogens with two attached hydrogens (primary N) is 1. The average Bonchev–Trinajstić information content (AvgIpc) is 2.92. The van der Waals surface area contributed by atoms with E-state index in [0.29, 0.717) is 18.6 Å². The molecule has 2 aliphatic heterocycles. The molecule has 0 radical (unpaired) electrons. The molecule has 2 aliphatic rings. The lowest BCUT2D eigenvalue weighted by molar-refractivity contribution is -0.130. The van der Waals surface area contributed by atoms with E-state index in [1.165, 1.54) is 19.4 Å². The zero-order valence-corrected chi connectivity index (χ0v) is 11.0. The van der Waals surface area contributed by atoms with Gasteiger partial charge in [-0.2, -0.15) is 0 Å². The Kier molecular flexibility index (Phi) is 3.73. The van der Waals surface area contributed by atoms with E-state index in [0.717, 1.165) is 19.4 Å². The predicted octanol–water partition coefficient (Wildman–Crippen LogP) is 0.714. The Balaban J connectivity index is 1.95. The number of nitrogens with zero attached hydrogens (tertiary/aromatic N) is 1. The zero-order chi connectivity index (χ0) is 12.5. The smallest absolute Gasteiger partial charge is 0.227 e. The van der Waals surface area contributed by atoms with Gasteiger partial charge >= 0.3 is 0 Å². The van der Waals surface area contributed by atoms with Crippen LogP contribution in [-0.4, -0.2) is 42.5 Å². The van der Waals surface area contributed by atoms with Gasteiger partial charge in [0.05, 0.1) is 5.41 Å². The van der Waals surface area contributed by atoms with E-state index < -0.39 is 5.41 Å². The summed E-state index contributed by atoms with van der Waals surface area (Å²) in [5.41, 5.74) is 5.33.